The van der Waals surface area contributed by atoms with Gasteiger partial charge in [-0.25, -0.2) is 0 Å². The van der Waals surface area contributed by atoms with Gasteiger partial charge in [-0.3, -0.25) is 0 Å². The molecular weight excluding hydrogens is 178 g/mol. The van der Waals surface area contributed by atoms with E-state index in [-0.39, 0.29) is 0 Å². The molecule has 0 radical (unpaired) electrons. The van der Waals surface area contributed by atoms with Crippen molar-refractivity contribution >= 4 is 0 Å². The van der Waals surface area contributed by atoms with Crippen LogP contribution in [0.25, 0.3) is 0 Å². The van der Waals surface area contributed by atoms with Crippen molar-refractivity contribution in [2.45, 2.75) is 45.3 Å². The summed E-state index contributed by atoms with van der Waals surface area (Å²) in [7, 11) is 0. The van der Waals surface area contributed by atoms with E-state index in [2.05, 4.69) is 19.2 Å². The predicted octanol–water partition coefficient (Wildman–Crippen LogP) is 1.57. The van der Waals surface area contributed by atoms with Crippen molar-refractivity contribution in [1.29, 1.82) is 0 Å². The first-order valence-corrected chi connectivity index (χ1v) is 5.75. The number of hydrogen-bond acceptors (Lipinski definition) is 3. The van der Waals surface area contributed by atoms with Gasteiger partial charge in [0.2, 0.25) is 0 Å². The van der Waals surface area contributed by atoms with Crippen molar-refractivity contribution in [2.75, 3.05) is 26.4 Å². The largest absolute Gasteiger partial charge is 0.381 e. The summed E-state index contributed by atoms with van der Waals surface area (Å²) in [5, 5.41) is 3.50. The van der Waals surface area contributed by atoms with Crippen molar-refractivity contribution in [3.8, 4) is 0 Å². The summed E-state index contributed by atoms with van der Waals surface area (Å²) in [4.78, 5) is 0. The molecule has 84 valence electrons. The fourth-order valence-electron chi connectivity index (χ4n) is 1.54. The summed E-state index contributed by atoms with van der Waals surface area (Å²) in [5.74, 6) is 0. The van der Waals surface area contributed by atoms with Crippen LogP contribution in [0.4, 0.5) is 0 Å². The molecule has 0 bridgehead atoms. The molecule has 0 aromatic carbocycles. The van der Waals surface area contributed by atoms with Crippen LogP contribution in [0.1, 0.15) is 33.1 Å². The molecule has 1 saturated heterocycles. The summed E-state index contributed by atoms with van der Waals surface area (Å²) < 4.78 is 10.9. The molecule has 3 nitrogen and oxygen atoms in total. The Hall–Kier alpha value is -0.120. The first-order valence-electron chi connectivity index (χ1n) is 5.75. The normalized spacial score (nSPS) is 21.0. The van der Waals surface area contributed by atoms with E-state index in [1.807, 2.05) is 0 Å². The van der Waals surface area contributed by atoms with Crippen molar-refractivity contribution < 1.29 is 9.47 Å². The van der Waals surface area contributed by atoms with Gasteiger partial charge in [0.1, 0.15) is 0 Å². The third-order valence-corrected chi connectivity index (χ3v) is 2.73. The maximum atomic E-state index is 5.59. The molecule has 1 aliphatic heterocycles. The fourth-order valence-corrected chi connectivity index (χ4v) is 1.54. The van der Waals surface area contributed by atoms with Crippen molar-refractivity contribution in [3.05, 3.63) is 0 Å². The summed E-state index contributed by atoms with van der Waals surface area (Å²) in [6.07, 6.45) is 3.77. The van der Waals surface area contributed by atoms with Crippen LogP contribution in [-0.2, 0) is 9.47 Å². The van der Waals surface area contributed by atoms with E-state index in [0.717, 1.165) is 45.6 Å². The van der Waals surface area contributed by atoms with Crippen LogP contribution < -0.4 is 5.32 Å². The van der Waals surface area contributed by atoms with E-state index in [4.69, 9.17) is 9.47 Å². The van der Waals surface area contributed by atoms with Crippen LogP contribution in [0, 0.1) is 0 Å². The molecule has 1 fully saturated rings. The van der Waals surface area contributed by atoms with Gasteiger partial charge in [-0.1, -0.05) is 6.92 Å². The molecule has 0 aromatic heterocycles. The number of nitrogens with one attached hydrogen (secondary N) is 1. The van der Waals surface area contributed by atoms with E-state index in [1.54, 1.807) is 0 Å². The van der Waals surface area contributed by atoms with E-state index < -0.39 is 0 Å². The highest BCUT2D eigenvalue weighted by Crippen LogP contribution is 2.05. The average molecular weight is 201 g/mol. The van der Waals surface area contributed by atoms with Gasteiger partial charge in [0.05, 0.1) is 12.7 Å². The lowest BCUT2D eigenvalue weighted by Crippen LogP contribution is -2.37. The monoisotopic (exact) mass is 201 g/mol. The molecular formula is C11H23NO2. The molecule has 0 spiro atoms. The van der Waals surface area contributed by atoms with Crippen LogP contribution in [0.2, 0.25) is 0 Å². The van der Waals surface area contributed by atoms with Crippen LogP contribution in [0.5, 0.6) is 0 Å². The van der Waals surface area contributed by atoms with Crippen LogP contribution in [0.3, 0.4) is 0 Å². The zero-order chi connectivity index (χ0) is 10.2. The number of ether oxygens (including phenoxy) is 2. The van der Waals surface area contributed by atoms with Crippen molar-refractivity contribution in [1.82, 2.24) is 5.32 Å². The highest BCUT2D eigenvalue weighted by atomic mass is 16.5. The van der Waals surface area contributed by atoms with Crippen LogP contribution in [0.15, 0.2) is 0 Å². The molecule has 0 aliphatic carbocycles. The van der Waals surface area contributed by atoms with E-state index >= 15 is 0 Å². The minimum Gasteiger partial charge on any atom is -0.381 e. The van der Waals surface area contributed by atoms with E-state index in [0.29, 0.717) is 12.1 Å². The summed E-state index contributed by atoms with van der Waals surface area (Å²) >= 11 is 0. The SMILES string of the molecule is CCC(C)OCCNC1CCOCC1. The van der Waals surface area contributed by atoms with Crippen molar-refractivity contribution in [2.24, 2.45) is 0 Å². The Morgan fingerprint density at radius 3 is 2.79 bits per heavy atom. The standard InChI is InChI=1S/C11H23NO2/c1-3-10(2)14-9-6-12-11-4-7-13-8-5-11/h10-12H,3-9H2,1-2H3. The van der Waals surface area contributed by atoms with Crippen LogP contribution in [-0.4, -0.2) is 38.5 Å². The highest BCUT2D eigenvalue weighted by molar-refractivity contribution is 4.69. The van der Waals surface area contributed by atoms with Gasteiger partial charge in [-0.2, -0.15) is 0 Å². The highest BCUT2D eigenvalue weighted by Gasteiger charge is 2.12. The Morgan fingerprint density at radius 2 is 2.14 bits per heavy atom. The van der Waals surface area contributed by atoms with Gasteiger partial charge in [0.15, 0.2) is 0 Å². The summed E-state index contributed by atoms with van der Waals surface area (Å²) in [5.41, 5.74) is 0. The lowest BCUT2D eigenvalue weighted by molar-refractivity contribution is 0.0534. The fraction of sp³-hybridized carbons (Fsp3) is 1.00. The minimum absolute atomic E-state index is 0.395. The molecule has 0 saturated carbocycles. The second kappa shape index (κ2) is 7.21. The Labute approximate surface area is 87.2 Å². The van der Waals surface area contributed by atoms with E-state index in [1.165, 1.54) is 0 Å². The number of hydrogen-bond donors (Lipinski definition) is 1. The third kappa shape index (κ3) is 4.94. The van der Waals surface area contributed by atoms with Gasteiger partial charge >= 0.3 is 0 Å². The molecule has 1 rings (SSSR count). The first kappa shape index (κ1) is 12.0. The van der Waals surface area contributed by atoms with Gasteiger partial charge in [0, 0.05) is 25.8 Å². The molecule has 1 aliphatic rings. The Kier molecular flexibility index (Phi) is 6.15. The second-order valence-electron chi connectivity index (χ2n) is 3.93. The Bertz CT molecular complexity index is 135. The Balaban J connectivity index is 1.92. The van der Waals surface area contributed by atoms with Crippen LogP contribution >= 0.6 is 0 Å². The zero-order valence-electron chi connectivity index (χ0n) is 9.42. The quantitative estimate of drug-likeness (QED) is 0.662. The second-order valence-corrected chi connectivity index (χ2v) is 3.93. The van der Waals surface area contributed by atoms with Gasteiger partial charge < -0.3 is 14.8 Å². The smallest absolute Gasteiger partial charge is 0.0594 e. The average Bonchev–Trinajstić information content (AvgIpc) is 2.25. The Morgan fingerprint density at radius 1 is 1.43 bits per heavy atom. The molecule has 14 heavy (non-hydrogen) atoms. The van der Waals surface area contributed by atoms with Gasteiger partial charge in [-0.05, 0) is 26.2 Å². The molecule has 1 N–H and O–H groups in total. The van der Waals surface area contributed by atoms with Gasteiger partial charge in [0.25, 0.3) is 0 Å². The zero-order valence-corrected chi connectivity index (χ0v) is 9.42. The molecule has 3 heteroatoms. The summed E-state index contributed by atoms with van der Waals surface area (Å²) in [6, 6.07) is 0.643. The third-order valence-electron chi connectivity index (χ3n) is 2.73. The predicted molar refractivity (Wildman–Crippen MR) is 57.5 cm³/mol. The number of rotatable bonds is 6. The molecule has 0 aromatic rings. The molecule has 1 atom stereocenters. The molecule has 1 heterocycles. The lowest BCUT2D eigenvalue weighted by Gasteiger charge is -2.23. The summed E-state index contributed by atoms with van der Waals surface area (Å²) in [6.45, 7) is 7.88. The molecule has 1 unspecified atom stereocenters. The topological polar surface area (TPSA) is 30.5 Å². The maximum Gasteiger partial charge on any atom is 0.0594 e. The maximum absolute atomic E-state index is 5.59. The van der Waals surface area contributed by atoms with E-state index in [9.17, 15) is 0 Å². The van der Waals surface area contributed by atoms with Gasteiger partial charge in [-0.15, -0.1) is 0 Å². The minimum atomic E-state index is 0.395. The molecule has 0 amide bonds. The van der Waals surface area contributed by atoms with Crippen molar-refractivity contribution in [3.63, 3.8) is 0 Å². The first-order chi connectivity index (χ1) is 6.83. The lowest BCUT2D eigenvalue weighted by atomic mass is 10.1.